The maximum atomic E-state index is 12.0. The molecule has 1 saturated heterocycles. The van der Waals surface area contributed by atoms with Gasteiger partial charge in [-0.25, -0.2) is 0 Å². The van der Waals surface area contributed by atoms with E-state index in [0.29, 0.717) is 19.4 Å². The molecule has 110 valence electrons. The summed E-state index contributed by atoms with van der Waals surface area (Å²) < 4.78 is 6.70. The normalized spacial score (nSPS) is 26.2. The molecule has 0 spiro atoms. The first-order valence-corrected chi connectivity index (χ1v) is 7.80. The average molecular weight is 341 g/mol. The Hall–Kier alpha value is -1.07. The van der Waals surface area contributed by atoms with Gasteiger partial charge in [-0.2, -0.15) is 0 Å². The predicted octanol–water partition coefficient (Wildman–Crippen LogP) is 3.06. The molecule has 1 amide bonds. The molecule has 0 bridgehead atoms. The summed E-state index contributed by atoms with van der Waals surface area (Å²) in [7, 11) is 0. The highest BCUT2D eigenvalue weighted by molar-refractivity contribution is 9.10. The molecule has 4 nitrogen and oxygen atoms in total. The van der Waals surface area contributed by atoms with Crippen molar-refractivity contribution in [3.8, 4) is 0 Å². The topological polar surface area (TPSA) is 64.3 Å². The first-order valence-electron chi connectivity index (χ1n) is 7.01. The van der Waals surface area contributed by atoms with Crippen LogP contribution in [0, 0.1) is 0 Å². The second kappa shape index (κ2) is 6.59. The molecule has 20 heavy (non-hydrogen) atoms. The lowest BCUT2D eigenvalue weighted by atomic mass is 9.84. The molecule has 0 saturated carbocycles. The number of amides is 1. The molecule has 1 heterocycles. The van der Waals surface area contributed by atoms with Crippen LogP contribution < -0.4 is 11.1 Å². The van der Waals surface area contributed by atoms with Gasteiger partial charge < -0.3 is 15.8 Å². The molecule has 2 rings (SSSR count). The summed E-state index contributed by atoms with van der Waals surface area (Å²) >= 11 is 3.44. The van der Waals surface area contributed by atoms with Crippen LogP contribution in [-0.2, 0) is 9.53 Å². The number of hydrogen-bond donors (Lipinski definition) is 2. The van der Waals surface area contributed by atoms with Crippen molar-refractivity contribution in [2.45, 2.75) is 44.2 Å². The maximum absolute atomic E-state index is 12.0. The zero-order valence-electron chi connectivity index (χ0n) is 11.7. The van der Waals surface area contributed by atoms with Crippen LogP contribution in [0.25, 0.3) is 0 Å². The molecule has 0 aromatic heterocycles. The Morgan fingerprint density at radius 3 is 3.05 bits per heavy atom. The molecule has 5 heteroatoms. The lowest BCUT2D eigenvalue weighted by Crippen LogP contribution is -2.56. The van der Waals surface area contributed by atoms with Gasteiger partial charge in [-0.3, -0.25) is 4.79 Å². The third kappa shape index (κ3) is 3.52. The number of carbonyl (C=O) groups excluding carboxylic acids is 1. The maximum Gasteiger partial charge on any atom is 0.243 e. The Bertz CT molecular complexity index is 479. The van der Waals surface area contributed by atoms with Gasteiger partial charge in [-0.15, -0.1) is 0 Å². The van der Waals surface area contributed by atoms with Gasteiger partial charge in [0, 0.05) is 29.6 Å². The van der Waals surface area contributed by atoms with Crippen LogP contribution in [-0.4, -0.2) is 24.2 Å². The second-order valence-corrected chi connectivity index (χ2v) is 6.23. The molecule has 1 aromatic rings. The van der Waals surface area contributed by atoms with E-state index in [1.165, 1.54) is 0 Å². The number of hydrogen-bond acceptors (Lipinski definition) is 3. The number of rotatable bonds is 5. The lowest BCUT2D eigenvalue weighted by Gasteiger charge is -2.40. The van der Waals surface area contributed by atoms with Crippen LogP contribution >= 0.6 is 15.9 Å². The molecule has 1 aliphatic rings. The van der Waals surface area contributed by atoms with E-state index in [-0.39, 0.29) is 12.0 Å². The number of primary amides is 1. The number of anilines is 1. The van der Waals surface area contributed by atoms with E-state index < -0.39 is 5.54 Å². The van der Waals surface area contributed by atoms with Crippen molar-refractivity contribution in [2.75, 3.05) is 11.9 Å². The Kier molecular flexibility index (Phi) is 5.05. The number of halogens is 1. The van der Waals surface area contributed by atoms with Gasteiger partial charge in [0.15, 0.2) is 0 Å². The summed E-state index contributed by atoms with van der Waals surface area (Å²) in [6, 6.07) is 7.78. The van der Waals surface area contributed by atoms with Crippen molar-refractivity contribution in [3.63, 3.8) is 0 Å². The molecular formula is C15H21BrN2O2. The number of nitrogens with two attached hydrogens (primary N) is 1. The van der Waals surface area contributed by atoms with E-state index in [1.807, 2.05) is 24.3 Å². The van der Waals surface area contributed by atoms with Gasteiger partial charge in [-0.05, 0) is 24.6 Å². The van der Waals surface area contributed by atoms with E-state index in [2.05, 4.69) is 28.2 Å². The molecule has 0 radical (unpaired) electrons. The van der Waals surface area contributed by atoms with Gasteiger partial charge in [0.05, 0.1) is 6.10 Å². The zero-order valence-corrected chi connectivity index (χ0v) is 13.3. The van der Waals surface area contributed by atoms with Gasteiger partial charge in [0.2, 0.25) is 5.91 Å². The van der Waals surface area contributed by atoms with Crippen molar-refractivity contribution < 1.29 is 9.53 Å². The van der Waals surface area contributed by atoms with E-state index in [0.717, 1.165) is 23.0 Å². The largest absolute Gasteiger partial charge is 0.378 e. The van der Waals surface area contributed by atoms with Crippen LogP contribution in [0.3, 0.4) is 0 Å². The van der Waals surface area contributed by atoms with E-state index in [1.54, 1.807) is 0 Å². The first-order chi connectivity index (χ1) is 9.55. The molecule has 1 fully saturated rings. The molecule has 3 N–H and O–H groups in total. The van der Waals surface area contributed by atoms with Crippen LogP contribution in [0.5, 0.6) is 0 Å². The zero-order chi connectivity index (χ0) is 14.6. The Balaban J connectivity index is 2.19. The summed E-state index contributed by atoms with van der Waals surface area (Å²) in [5.41, 5.74) is 5.87. The molecule has 0 aliphatic carbocycles. The van der Waals surface area contributed by atoms with Crippen molar-refractivity contribution in [2.24, 2.45) is 5.73 Å². The monoisotopic (exact) mass is 340 g/mol. The highest BCUT2D eigenvalue weighted by Crippen LogP contribution is 2.31. The minimum Gasteiger partial charge on any atom is -0.378 e. The average Bonchev–Trinajstić information content (AvgIpc) is 2.39. The summed E-state index contributed by atoms with van der Waals surface area (Å²) in [5.74, 6) is -0.304. The van der Waals surface area contributed by atoms with Crippen LogP contribution in [0.4, 0.5) is 5.69 Å². The second-order valence-electron chi connectivity index (χ2n) is 5.32. The number of benzene rings is 1. The smallest absolute Gasteiger partial charge is 0.243 e. The highest BCUT2D eigenvalue weighted by Gasteiger charge is 2.41. The van der Waals surface area contributed by atoms with Gasteiger partial charge in [-0.1, -0.05) is 35.3 Å². The summed E-state index contributed by atoms with van der Waals surface area (Å²) in [4.78, 5) is 12.0. The minimum atomic E-state index is -0.709. The van der Waals surface area contributed by atoms with Crippen molar-refractivity contribution in [1.29, 1.82) is 0 Å². The minimum absolute atomic E-state index is 0.0981. The third-order valence-corrected chi connectivity index (χ3v) is 4.24. The van der Waals surface area contributed by atoms with E-state index in [4.69, 9.17) is 10.5 Å². The van der Waals surface area contributed by atoms with Crippen LogP contribution in [0.15, 0.2) is 28.7 Å². The predicted molar refractivity (Wildman–Crippen MR) is 83.6 cm³/mol. The van der Waals surface area contributed by atoms with Gasteiger partial charge in [0.25, 0.3) is 0 Å². The Labute approximate surface area is 128 Å². The summed E-state index contributed by atoms with van der Waals surface area (Å²) in [5, 5.41) is 3.34. The SMILES string of the molecule is CCCC1CC(Nc2cccc(Br)c2)(C(N)=O)CCO1. The number of nitrogens with one attached hydrogen (secondary N) is 1. The fraction of sp³-hybridized carbons (Fsp3) is 0.533. The lowest BCUT2D eigenvalue weighted by molar-refractivity contribution is -0.127. The molecule has 2 atom stereocenters. The van der Waals surface area contributed by atoms with E-state index in [9.17, 15) is 4.79 Å². The summed E-state index contributed by atoms with van der Waals surface area (Å²) in [6.07, 6.45) is 3.32. The van der Waals surface area contributed by atoms with Crippen LogP contribution in [0.1, 0.15) is 32.6 Å². The molecular weight excluding hydrogens is 320 g/mol. The number of carbonyl (C=O) groups is 1. The van der Waals surface area contributed by atoms with E-state index >= 15 is 0 Å². The first kappa shape index (κ1) is 15.3. The van der Waals surface area contributed by atoms with Gasteiger partial charge in [0.1, 0.15) is 5.54 Å². The van der Waals surface area contributed by atoms with Crippen molar-refractivity contribution >= 4 is 27.5 Å². The summed E-state index contributed by atoms with van der Waals surface area (Å²) in [6.45, 7) is 2.68. The third-order valence-electron chi connectivity index (χ3n) is 3.75. The fourth-order valence-electron chi connectivity index (χ4n) is 2.70. The Morgan fingerprint density at radius 1 is 1.60 bits per heavy atom. The fourth-order valence-corrected chi connectivity index (χ4v) is 3.10. The van der Waals surface area contributed by atoms with Crippen LogP contribution in [0.2, 0.25) is 0 Å². The molecule has 2 unspecified atom stereocenters. The van der Waals surface area contributed by atoms with Crippen molar-refractivity contribution in [1.82, 2.24) is 0 Å². The Morgan fingerprint density at radius 2 is 2.40 bits per heavy atom. The molecule has 1 aromatic carbocycles. The van der Waals surface area contributed by atoms with Crippen molar-refractivity contribution in [3.05, 3.63) is 28.7 Å². The quantitative estimate of drug-likeness (QED) is 0.865. The molecule has 1 aliphatic heterocycles. The highest BCUT2D eigenvalue weighted by atomic mass is 79.9. The number of ether oxygens (including phenoxy) is 1. The standard InChI is InChI=1S/C15H21BrN2O2/c1-2-4-13-10-15(14(17)19,7-8-20-13)18-12-6-3-5-11(16)9-12/h3,5-6,9,13,18H,2,4,7-8,10H2,1H3,(H2,17,19). The van der Waals surface area contributed by atoms with Gasteiger partial charge >= 0.3 is 0 Å².